The first-order chi connectivity index (χ1) is 14.4. The highest BCUT2D eigenvalue weighted by Gasteiger charge is 2.30. The number of amides is 1. The van der Waals surface area contributed by atoms with Crippen LogP contribution in [-0.4, -0.2) is 44.6 Å². The van der Waals surface area contributed by atoms with Crippen LogP contribution in [0.2, 0.25) is 0 Å². The summed E-state index contributed by atoms with van der Waals surface area (Å²) < 4.78 is 23.9. The maximum absolute atomic E-state index is 13.2. The van der Waals surface area contributed by atoms with Crippen molar-refractivity contribution in [2.75, 3.05) is 24.2 Å². The largest absolute Gasteiger partial charge is 0.365 e. The molecule has 30 heavy (non-hydrogen) atoms. The molecule has 3 aromatic rings. The van der Waals surface area contributed by atoms with E-state index in [1.54, 1.807) is 11.0 Å². The van der Waals surface area contributed by atoms with Gasteiger partial charge in [0.05, 0.1) is 18.3 Å². The van der Waals surface area contributed by atoms with Crippen LogP contribution in [0.5, 0.6) is 0 Å². The van der Waals surface area contributed by atoms with E-state index in [1.165, 1.54) is 5.41 Å². The standard InChI is InChI=1S/C24H24N2O3S/c1-25(22-12-11-20-9-5-6-10-21(20)15-22)17-24(27)26(16-19-7-3-2-4-8-19)23-13-14-30(28,29)18-23/h2-15,23H,16-18H2,1H3/t23-/m0/s1. The number of hydrogen-bond acceptors (Lipinski definition) is 4. The van der Waals surface area contributed by atoms with Gasteiger partial charge >= 0.3 is 0 Å². The van der Waals surface area contributed by atoms with Crippen molar-refractivity contribution < 1.29 is 13.2 Å². The molecule has 0 saturated heterocycles. The van der Waals surface area contributed by atoms with E-state index in [-0.39, 0.29) is 18.2 Å². The Kier molecular flexibility index (Phi) is 5.59. The minimum absolute atomic E-state index is 0.0642. The van der Waals surface area contributed by atoms with E-state index in [1.807, 2.05) is 72.6 Å². The van der Waals surface area contributed by atoms with Crippen molar-refractivity contribution in [2.24, 2.45) is 0 Å². The summed E-state index contributed by atoms with van der Waals surface area (Å²) in [7, 11) is -1.38. The van der Waals surface area contributed by atoms with Crippen LogP contribution < -0.4 is 4.90 Å². The van der Waals surface area contributed by atoms with E-state index in [9.17, 15) is 13.2 Å². The van der Waals surface area contributed by atoms with Crippen LogP contribution in [0.4, 0.5) is 5.69 Å². The van der Waals surface area contributed by atoms with Gasteiger partial charge in [-0.3, -0.25) is 4.79 Å². The zero-order chi connectivity index (χ0) is 21.1. The molecule has 4 rings (SSSR count). The van der Waals surface area contributed by atoms with Gasteiger partial charge in [0.1, 0.15) is 0 Å². The number of anilines is 1. The maximum atomic E-state index is 13.2. The fourth-order valence-electron chi connectivity index (χ4n) is 3.72. The van der Waals surface area contributed by atoms with Gasteiger partial charge in [-0.2, -0.15) is 0 Å². The van der Waals surface area contributed by atoms with E-state index in [4.69, 9.17) is 0 Å². The van der Waals surface area contributed by atoms with Crippen molar-refractivity contribution in [3.8, 4) is 0 Å². The molecule has 1 aliphatic heterocycles. The third-order valence-electron chi connectivity index (χ3n) is 5.37. The molecule has 0 radical (unpaired) electrons. The van der Waals surface area contributed by atoms with Crippen LogP contribution in [0.3, 0.4) is 0 Å². The van der Waals surface area contributed by atoms with Gasteiger partial charge < -0.3 is 9.80 Å². The Morgan fingerprint density at radius 3 is 2.37 bits per heavy atom. The third kappa shape index (κ3) is 4.54. The Labute approximate surface area is 177 Å². The van der Waals surface area contributed by atoms with Crippen molar-refractivity contribution in [2.45, 2.75) is 12.6 Å². The highest BCUT2D eigenvalue weighted by atomic mass is 32.2. The van der Waals surface area contributed by atoms with Gasteiger partial charge in [-0.05, 0) is 34.5 Å². The predicted molar refractivity (Wildman–Crippen MR) is 121 cm³/mol. The van der Waals surface area contributed by atoms with Gasteiger partial charge in [-0.25, -0.2) is 8.42 Å². The highest BCUT2D eigenvalue weighted by Crippen LogP contribution is 2.23. The second-order valence-corrected chi connectivity index (χ2v) is 9.55. The van der Waals surface area contributed by atoms with Crippen molar-refractivity contribution in [1.82, 2.24) is 4.90 Å². The van der Waals surface area contributed by atoms with Crippen molar-refractivity contribution in [3.05, 3.63) is 89.8 Å². The van der Waals surface area contributed by atoms with Crippen LogP contribution in [0.15, 0.2) is 84.3 Å². The quantitative estimate of drug-likeness (QED) is 0.611. The number of benzene rings is 3. The molecule has 1 heterocycles. The summed E-state index contributed by atoms with van der Waals surface area (Å²) in [5.41, 5.74) is 1.91. The SMILES string of the molecule is CN(CC(=O)N(Cc1ccccc1)[C@H]1C=CS(=O)(=O)C1)c1ccc2ccccc2c1. The van der Waals surface area contributed by atoms with E-state index in [0.717, 1.165) is 22.0 Å². The number of rotatable bonds is 6. The van der Waals surface area contributed by atoms with Crippen molar-refractivity contribution in [3.63, 3.8) is 0 Å². The lowest BCUT2D eigenvalue weighted by Gasteiger charge is -2.30. The number of carbonyl (C=O) groups is 1. The molecular formula is C24H24N2O3S. The number of sulfone groups is 1. The Bertz CT molecular complexity index is 1190. The minimum Gasteiger partial charge on any atom is -0.365 e. The van der Waals surface area contributed by atoms with E-state index < -0.39 is 15.9 Å². The molecule has 1 atom stereocenters. The summed E-state index contributed by atoms with van der Waals surface area (Å²) in [6, 6.07) is 23.4. The average molecular weight is 421 g/mol. The van der Waals surface area contributed by atoms with Crippen molar-refractivity contribution in [1.29, 1.82) is 0 Å². The summed E-state index contributed by atoms with van der Waals surface area (Å²) >= 11 is 0. The van der Waals surface area contributed by atoms with Crippen LogP contribution in [0.1, 0.15) is 5.56 Å². The lowest BCUT2D eigenvalue weighted by molar-refractivity contribution is -0.131. The lowest BCUT2D eigenvalue weighted by Crippen LogP contribution is -2.45. The molecule has 0 spiro atoms. The number of fused-ring (bicyclic) bond motifs is 1. The first kappa shape index (κ1) is 20.2. The van der Waals surface area contributed by atoms with Crippen molar-refractivity contribution >= 4 is 32.2 Å². The minimum atomic E-state index is -3.26. The normalized spacial score (nSPS) is 17.2. The molecule has 0 fully saturated rings. The van der Waals surface area contributed by atoms with Crippen LogP contribution in [0.25, 0.3) is 10.8 Å². The van der Waals surface area contributed by atoms with Gasteiger partial charge in [-0.15, -0.1) is 0 Å². The number of likely N-dealkylation sites (N-methyl/N-ethyl adjacent to an activating group) is 1. The molecule has 0 aliphatic carbocycles. The van der Waals surface area contributed by atoms with Gasteiger partial charge in [0.25, 0.3) is 0 Å². The number of carbonyl (C=O) groups excluding carboxylic acids is 1. The topological polar surface area (TPSA) is 57.7 Å². The first-order valence-corrected chi connectivity index (χ1v) is 11.6. The molecule has 5 nitrogen and oxygen atoms in total. The Morgan fingerprint density at radius 2 is 1.67 bits per heavy atom. The third-order valence-corrected chi connectivity index (χ3v) is 6.75. The molecular weight excluding hydrogens is 396 g/mol. The van der Waals surface area contributed by atoms with E-state index in [2.05, 4.69) is 12.1 Å². The molecule has 1 aliphatic rings. The number of hydrogen-bond donors (Lipinski definition) is 0. The molecule has 0 saturated carbocycles. The monoisotopic (exact) mass is 420 g/mol. The average Bonchev–Trinajstić information content (AvgIpc) is 3.11. The Balaban J connectivity index is 1.55. The summed E-state index contributed by atoms with van der Waals surface area (Å²) in [5, 5.41) is 3.48. The fourth-order valence-corrected chi connectivity index (χ4v) is 5.02. The van der Waals surface area contributed by atoms with Gasteiger partial charge in [0, 0.05) is 24.7 Å². The maximum Gasteiger partial charge on any atom is 0.242 e. The lowest BCUT2D eigenvalue weighted by atomic mass is 10.1. The van der Waals surface area contributed by atoms with Gasteiger partial charge in [0.15, 0.2) is 9.84 Å². The number of nitrogens with zero attached hydrogens (tertiary/aromatic N) is 2. The van der Waals surface area contributed by atoms with Crippen LogP contribution in [0, 0.1) is 0 Å². The van der Waals surface area contributed by atoms with E-state index in [0.29, 0.717) is 6.54 Å². The summed E-state index contributed by atoms with van der Waals surface area (Å²) in [6.07, 6.45) is 1.62. The molecule has 1 amide bonds. The molecule has 154 valence electrons. The second kappa shape index (κ2) is 8.32. The highest BCUT2D eigenvalue weighted by molar-refractivity contribution is 7.94. The Hall–Kier alpha value is -3.12. The Morgan fingerprint density at radius 1 is 0.967 bits per heavy atom. The molecule has 0 N–H and O–H groups in total. The summed E-state index contributed by atoms with van der Waals surface area (Å²) in [5.74, 6) is -0.174. The molecule has 0 unspecified atom stereocenters. The zero-order valence-electron chi connectivity index (χ0n) is 16.8. The van der Waals surface area contributed by atoms with Crippen LogP contribution >= 0.6 is 0 Å². The van der Waals surface area contributed by atoms with Gasteiger partial charge in [0.2, 0.25) is 5.91 Å². The molecule has 6 heteroatoms. The smallest absolute Gasteiger partial charge is 0.242 e. The summed E-state index contributed by atoms with van der Waals surface area (Å²) in [6.45, 7) is 0.533. The first-order valence-electron chi connectivity index (χ1n) is 9.86. The van der Waals surface area contributed by atoms with Gasteiger partial charge in [-0.1, -0.05) is 60.7 Å². The predicted octanol–water partition coefficient (Wildman–Crippen LogP) is 3.62. The van der Waals surface area contributed by atoms with Crippen LogP contribution in [-0.2, 0) is 21.2 Å². The summed E-state index contributed by atoms with van der Waals surface area (Å²) in [4.78, 5) is 16.8. The molecule has 0 bridgehead atoms. The molecule has 0 aromatic heterocycles. The fraction of sp³-hybridized carbons (Fsp3) is 0.208. The second-order valence-electron chi connectivity index (χ2n) is 7.62. The van der Waals surface area contributed by atoms with E-state index >= 15 is 0 Å². The molecule has 3 aromatic carbocycles. The zero-order valence-corrected chi connectivity index (χ0v) is 17.6.